The predicted molar refractivity (Wildman–Crippen MR) is 66.9 cm³/mol. The fraction of sp³-hybridized carbons (Fsp3) is 0.500. The number of nitrogens with one attached hydrogen (secondary N) is 1. The third-order valence-corrected chi connectivity index (χ3v) is 2.87. The predicted octanol–water partition coefficient (Wildman–Crippen LogP) is 3.44. The standard InChI is InChI=1S/C12H14F3NO2.ClH/c1-17-11-7-8(18-12(13,14)15)4-5-9(11)10-3-2-6-16-10;/h4-5,7,10,16H,2-3,6H2,1H3;1H/t10-;/m0./s1. The van der Waals surface area contributed by atoms with Crippen LogP contribution in [0.1, 0.15) is 24.4 Å². The summed E-state index contributed by atoms with van der Waals surface area (Å²) in [6.07, 6.45) is -2.68. The Labute approximate surface area is 115 Å². The van der Waals surface area contributed by atoms with Gasteiger partial charge in [-0.15, -0.1) is 25.6 Å². The first-order valence-corrected chi connectivity index (χ1v) is 5.66. The Morgan fingerprint density at radius 2 is 2.05 bits per heavy atom. The molecule has 0 spiro atoms. The molecule has 0 radical (unpaired) electrons. The van der Waals surface area contributed by atoms with Gasteiger partial charge in [0.2, 0.25) is 0 Å². The van der Waals surface area contributed by atoms with Crippen molar-refractivity contribution < 1.29 is 22.6 Å². The molecule has 19 heavy (non-hydrogen) atoms. The molecule has 0 aliphatic carbocycles. The summed E-state index contributed by atoms with van der Waals surface area (Å²) in [6, 6.07) is 4.33. The number of benzene rings is 1. The summed E-state index contributed by atoms with van der Waals surface area (Å²) in [5, 5.41) is 3.27. The molecule has 1 aliphatic rings. The van der Waals surface area contributed by atoms with Crippen LogP contribution in [0.25, 0.3) is 0 Å². The van der Waals surface area contributed by atoms with Crippen LogP contribution in [0.5, 0.6) is 11.5 Å². The second kappa shape index (κ2) is 6.34. The van der Waals surface area contributed by atoms with Crippen molar-refractivity contribution in [1.82, 2.24) is 5.32 Å². The lowest BCUT2D eigenvalue weighted by molar-refractivity contribution is -0.274. The van der Waals surface area contributed by atoms with Gasteiger partial charge in [-0.2, -0.15) is 0 Å². The van der Waals surface area contributed by atoms with Crippen molar-refractivity contribution >= 4 is 12.4 Å². The third-order valence-electron chi connectivity index (χ3n) is 2.87. The molecule has 0 saturated carbocycles. The highest BCUT2D eigenvalue weighted by molar-refractivity contribution is 5.85. The van der Waals surface area contributed by atoms with E-state index in [2.05, 4.69) is 10.1 Å². The van der Waals surface area contributed by atoms with Gasteiger partial charge in [-0.25, -0.2) is 0 Å². The van der Waals surface area contributed by atoms with E-state index in [1.165, 1.54) is 19.2 Å². The molecule has 1 aliphatic heterocycles. The molecule has 1 N–H and O–H groups in total. The number of halogens is 4. The van der Waals surface area contributed by atoms with Crippen LogP contribution < -0.4 is 14.8 Å². The van der Waals surface area contributed by atoms with Gasteiger partial charge in [0.05, 0.1) is 7.11 Å². The van der Waals surface area contributed by atoms with Crippen molar-refractivity contribution in [3.63, 3.8) is 0 Å². The molecule has 1 aromatic carbocycles. The second-order valence-corrected chi connectivity index (χ2v) is 4.10. The Morgan fingerprint density at radius 3 is 2.58 bits per heavy atom. The van der Waals surface area contributed by atoms with Gasteiger partial charge < -0.3 is 14.8 Å². The second-order valence-electron chi connectivity index (χ2n) is 4.10. The first-order chi connectivity index (χ1) is 8.49. The molecule has 2 rings (SSSR count). The minimum absolute atomic E-state index is 0. The first-order valence-electron chi connectivity index (χ1n) is 5.66. The molecule has 7 heteroatoms. The molecule has 108 valence electrons. The van der Waals surface area contributed by atoms with E-state index in [1.54, 1.807) is 6.07 Å². The van der Waals surface area contributed by atoms with E-state index in [1.807, 2.05) is 0 Å². The third kappa shape index (κ3) is 4.18. The average Bonchev–Trinajstić information content (AvgIpc) is 2.80. The van der Waals surface area contributed by atoms with Crippen molar-refractivity contribution in [3.05, 3.63) is 23.8 Å². The van der Waals surface area contributed by atoms with Gasteiger partial charge in [0.15, 0.2) is 0 Å². The quantitative estimate of drug-likeness (QED) is 0.927. The fourth-order valence-electron chi connectivity index (χ4n) is 2.13. The topological polar surface area (TPSA) is 30.5 Å². The molecule has 3 nitrogen and oxygen atoms in total. The summed E-state index contributed by atoms with van der Waals surface area (Å²) in [5.74, 6) is 0.150. The van der Waals surface area contributed by atoms with Gasteiger partial charge in [-0.1, -0.05) is 6.07 Å². The minimum Gasteiger partial charge on any atom is -0.496 e. The first kappa shape index (κ1) is 15.9. The van der Waals surface area contributed by atoms with Gasteiger partial charge >= 0.3 is 6.36 Å². The number of hydrogen-bond acceptors (Lipinski definition) is 3. The van der Waals surface area contributed by atoms with Crippen LogP contribution >= 0.6 is 12.4 Å². The summed E-state index contributed by atoms with van der Waals surface area (Å²) in [4.78, 5) is 0. The molecule has 1 saturated heterocycles. The van der Waals surface area contributed by atoms with E-state index >= 15 is 0 Å². The molecule has 1 aromatic rings. The molecule has 1 fully saturated rings. The van der Waals surface area contributed by atoms with E-state index in [0.717, 1.165) is 24.9 Å². The van der Waals surface area contributed by atoms with E-state index in [0.29, 0.717) is 5.75 Å². The van der Waals surface area contributed by atoms with Crippen LogP contribution in [-0.4, -0.2) is 20.0 Å². The van der Waals surface area contributed by atoms with Gasteiger partial charge in [0.25, 0.3) is 0 Å². The van der Waals surface area contributed by atoms with E-state index < -0.39 is 6.36 Å². The lowest BCUT2D eigenvalue weighted by Gasteiger charge is -2.17. The fourth-order valence-corrected chi connectivity index (χ4v) is 2.13. The SMILES string of the molecule is COc1cc(OC(F)(F)F)ccc1[C@@H]1CCCN1.Cl. The Kier molecular flexibility index (Phi) is 5.31. The van der Waals surface area contributed by atoms with Crippen LogP contribution in [0, 0.1) is 0 Å². The molecule has 0 aromatic heterocycles. The molecule has 0 amide bonds. The zero-order chi connectivity index (χ0) is 13.2. The summed E-state index contributed by atoms with van der Waals surface area (Å²) in [7, 11) is 1.44. The molecular weight excluding hydrogens is 283 g/mol. The number of alkyl halides is 3. The molecule has 0 bridgehead atoms. The zero-order valence-corrected chi connectivity index (χ0v) is 11.1. The Morgan fingerprint density at radius 1 is 1.32 bits per heavy atom. The molecule has 0 unspecified atom stereocenters. The number of hydrogen-bond donors (Lipinski definition) is 1. The van der Waals surface area contributed by atoms with Crippen molar-refractivity contribution in [3.8, 4) is 11.5 Å². The Balaban J connectivity index is 0.00000180. The van der Waals surface area contributed by atoms with Crippen LogP contribution in [0.15, 0.2) is 18.2 Å². The van der Waals surface area contributed by atoms with E-state index in [-0.39, 0.29) is 24.2 Å². The molecule has 1 atom stereocenters. The minimum atomic E-state index is -4.68. The highest BCUT2D eigenvalue weighted by Crippen LogP contribution is 2.35. The lowest BCUT2D eigenvalue weighted by atomic mass is 10.0. The largest absolute Gasteiger partial charge is 0.573 e. The smallest absolute Gasteiger partial charge is 0.496 e. The molecular formula is C12H15ClF3NO2. The van der Waals surface area contributed by atoms with E-state index in [9.17, 15) is 13.2 Å². The molecule has 1 heterocycles. The van der Waals surface area contributed by atoms with Crippen LogP contribution in [-0.2, 0) is 0 Å². The van der Waals surface area contributed by atoms with Gasteiger partial charge in [0.1, 0.15) is 11.5 Å². The summed E-state index contributed by atoms with van der Waals surface area (Å²) in [6.45, 7) is 0.911. The summed E-state index contributed by atoms with van der Waals surface area (Å²) in [5.41, 5.74) is 0.865. The van der Waals surface area contributed by atoms with Crippen molar-refractivity contribution in [2.75, 3.05) is 13.7 Å². The van der Waals surface area contributed by atoms with E-state index in [4.69, 9.17) is 4.74 Å². The highest BCUT2D eigenvalue weighted by Gasteiger charge is 2.31. The monoisotopic (exact) mass is 297 g/mol. The van der Waals surface area contributed by atoms with Gasteiger partial charge in [0, 0.05) is 17.7 Å². The van der Waals surface area contributed by atoms with Crippen molar-refractivity contribution in [1.29, 1.82) is 0 Å². The maximum Gasteiger partial charge on any atom is 0.573 e. The Hall–Kier alpha value is -1.14. The van der Waals surface area contributed by atoms with Gasteiger partial charge in [-0.3, -0.25) is 0 Å². The van der Waals surface area contributed by atoms with Crippen LogP contribution in [0.4, 0.5) is 13.2 Å². The lowest BCUT2D eigenvalue weighted by Crippen LogP contribution is -2.18. The van der Waals surface area contributed by atoms with Crippen LogP contribution in [0.2, 0.25) is 0 Å². The zero-order valence-electron chi connectivity index (χ0n) is 10.3. The van der Waals surface area contributed by atoms with Crippen molar-refractivity contribution in [2.24, 2.45) is 0 Å². The number of methoxy groups -OCH3 is 1. The normalized spacial score (nSPS) is 18.8. The number of rotatable bonds is 3. The maximum absolute atomic E-state index is 12.1. The maximum atomic E-state index is 12.1. The summed E-state index contributed by atoms with van der Waals surface area (Å²) < 4.78 is 45.3. The van der Waals surface area contributed by atoms with Crippen LogP contribution in [0.3, 0.4) is 0 Å². The highest BCUT2D eigenvalue weighted by atomic mass is 35.5. The Bertz CT molecular complexity index is 420. The van der Waals surface area contributed by atoms with Gasteiger partial charge in [-0.05, 0) is 25.5 Å². The number of ether oxygens (including phenoxy) is 2. The average molecular weight is 298 g/mol. The van der Waals surface area contributed by atoms with Crippen molar-refractivity contribution in [2.45, 2.75) is 25.2 Å². The summed E-state index contributed by atoms with van der Waals surface area (Å²) >= 11 is 0.